The predicted octanol–water partition coefficient (Wildman–Crippen LogP) is 1.31. The van der Waals surface area contributed by atoms with Gasteiger partial charge < -0.3 is 19.3 Å². The summed E-state index contributed by atoms with van der Waals surface area (Å²) >= 11 is 0. The third-order valence-electron chi connectivity index (χ3n) is 2.83. The molecule has 1 aliphatic heterocycles. The summed E-state index contributed by atoms with van der Waals surface area (Å²) in [4.78, 5) is 11.8. The van der Waals surface area contributed by atoms with E-state index in [9.17, 15) is 9.90 Å². The van der Waals surface area contributed by atoms with Gasteiger partial charge in [-0.3, -0.25) is 0 Å². The van der Waals surface area contributed by atoms with Crippen LogP contribution in [0.1, 0.15) is 33.3 Å². The average molecular weight is 238 g/mol. The Kier molecular flexibility index (Phi) is 3.04. The van der Waals surface area contributed by atoms with Gasteiger partial charge in [-0.25, -0.2) is 4.79 Å². The van der Waals surface area contributed by atoms with E-state index >= 15 is 0 Å². The summed E-state index contributed by atoms with van der Waals surface area (Å²) in [7, 11) is 2.94. The first-order valence-electron chi connectivity index (χ1n) is 5.19. The molecule has 1 N–H and O–H groups in total. The Morgan fingerprint density at radius 3 is 2.71 bits per heavy atom. The molecule has 5 nitrogen and oxygen atoms in total. The van der Waals surface area contributed by atoms with Gasteiger partial charge in [0.1, 0.15) is 11.3 Å². The molecule has 5 heteroatoms. The van der Waals surface area contributed by atoms with Gasteiger partial charge in [-0.2, -0.15) is 0 Å². The Balaban J connectivity index is 2.72. The maximum Gasteiger partial charge on any atom is 0.345 e. The lowest BCUT2D eigenvalue weighted by Crippen LogP contribution is -2.04. The second-order valence-corrected chi connectivity index (χ2v) is 3.81. The van der Waals surface area contributed by atoms with E-state index in [1.54, 1.807) is 6.07 Å². The van der Waals surface area contributed by atoms with E-state index < -0.39 is 12.3 Å². The number of esters is 1. The molecule has 1 heterocycles. The third-order valence-corrected chi connectivity index (χ3v) is 2.83. The summed E-state index contributed by atoms with van der Waals surface area (Å²) in [6, 6.07) is 1.77. The van der Waals surface area contributed by atoms with E-state index in [1.165, 1.54) is 14.2 Å². The summed E-state index contributed by atoms with van der Waals surface area (Å²) in [6.45, 7) is 1.63. The molecule has 0 aromatic heterocycles. The standard InChI is InChI=1S/C12H14O5/c1-6-4-7(5-13)8-9(10(6)15-2)11(14)17-12(8)16-3/h4,12-13H,5H2,1-3H3/t12-/m1/s1. The topological polar surface area (TPSA) is 65.0 Å². The number of ether oxygens (including phenoxy) is 3. The lowest BCUT2D eigenvalue weighted by molar-refractivity contribution is -0.0822. The molecule has 2 rings (SSSR count). The highest BCUT2D eigenvalue weighted by molar-refractivity contribution is 5.97. The zero-order chi connectivity index (χ0) is 12.6. The molecular weight excluding hydrogens is 224 g/mol. The van der Waals surface area contributed by atoms with Crippen molar-refractivity contribution in [3.63, 3.8) is 0 Å². The minimum atomic E-state index is -0.769. The number of benzene rings is 1. The van der Waals surface area contributed by atoms with Gasteiger partial charge in [0.05, 0.1) is 13.7 Å². The number of hydrogen-bond donors (Lipinski definition) is 1. The van der Waals surface area contributed by atoms with E-state index in [0.29, 0.717) is 22.4 Å². The van der Waals surface area contributed by atoms with E-state index in [4.69, 9.17) is 14.2 Å². The average Bonchev–Trinajstić information content (AvgIpc) is 2.66. The smallest absolute Gasteiger partial charge is 0.345 e. The number of fused-ring (bicyclic) bond motifs is 1. The van der Waals surface area contributed by atoms with Crippen LogP contribution >= 0.6 is 0 Å². The Morgan fingerprint density at radius 1 is 1.47 bits per heavy atom. The summed E-state index contributed by atoms with van der Waals surface area (Å²) < 4.78 is 15.4. The highest BCUT2D eigenvalue weighted by Gasteiger charge is 2.37. The van der Waals surface area contributed by atoms with Gasteiger partial charge in [-0.15, -0.1) is 0 Å². The molecule has 0 aliphatic carbocycles. The van der Waals surface area contributed by atoms with Gasteiger partial charge in [0.25, 0.3) is 0 Å². The van der Waals surface area contributed by atoms with E-state index in [1.807, 2.05) is 6.92 Å². The van der Waals surface area contributed by atoms with Crippen LogP contribution in [0.5, 0.6) is 5.75 Å². The first kappa shape index (κ1) is 11.9. The Bertz CT molecular complexity index is 466. The molecule has 0 radical (unpaired) electrons. The van der Waals surface area contributed by atoms with Crippen LogP contribution < -0.4 is 4.74 Å². The molecule has 17 heavy (non-hydrogen) atoms. The van der Waals surface area contributed by atoms with Crippen molar-refractivity contribution in [1.82, 2.24) is 0 Å². The molecular formula is C12H14O5. The lowest BCUT2D eigenvalue weighted by Gasteiger charge is -2.14. The Labute approximate surface area is 98.9 Å². The van der Waals surface area contributed by atoms with Crippen molar-refractivity contribution in [2.75, 3.05) is 14.2 Å². The lowest BCUT2D eigenvalue weighted by atomic mass is 9.98. The molecule has 1 atom stereocenters. The minimum absolute atomic E-state index is 0.177. The van der Waals surface area contributed by atoms with Crippen molar-refractivity contribution in [3.8, 4) is 5.75 Å². The fourth-order valence-electron chi connectivity index (χ4n) is 2.13. The SMILES string of the molecule is COc1c(C)cc(CO)c2c1C(=O)O[C@H]2OC. The summed E-state index contributed by atoms with van der Waals surface area (Å²) in [5.41, 5.74) is 2.31. The molecule has 0 spiro atoms. The van der Waals surface area contributed by atoms with Gasteiger partial charge in [-0.05, 0) is 24.1 Å². The highest BCUT2D eigenvalue weighted by atomic mass is 16.7. The van der Waals surface area contributed by atoms with Crippen LogP contribution in [0, 0.1) is 6.92 Å². The number of carbonyl (C=O) groups is 1. The quantitative estimate of drug-likeness (QED) is 0.804. The second kappa shape index (κ2) is 4.35. The van der Waals surface area contributed by atoms with E-state index in [2.05, 4.69) is 0 Å². The van der Waals surface area contributed by atoms with E-state index in [-0.39, 0.29) is 6.61 Å². The summed E-state index contributed by atoms with van der Waals surface area (Å²) in [6.07, 6.45) is -0.769. The number of aryl methyl sites for hydroxylation is 1. The van der Waals surface area contributed by atoms with Crippen molar-refractivity contribution in [2.24, 2.45) is 0 Å². The van der Waals surface area contributed by atoms with Gasteiger partial charge >= 0.3 is 5.97 Å². The second-order valence-electron chi connectivity index (χ2n) is 3.81. The van der Waals surface area contributed by atoms with Gasteiger partial charge in [-0.1, -0.05) is 0 Å². The van der Waals surface area contributed by atoms with Crippen LogP contribution in [0.25, 0.3) is 0 Å². The fourth-order valence-corrected chi connectivity index (χ4v) is 2.13. The zero-order valence-electron chi connectivity index (χ0n) is 9.94. The van der Waals surface area contributed by atoms with Gasteiger partial charge in [0, 0.05) is 12.7 Å². The molecule has 1 aromatic carbocycles. The normalized spacial score (nSPS) is 17.9. The number of hydrogen-bond acceptors (Lipinski definition) is 5. The molecule has 0 fully saturated rings. The summed E-state index contributed by atoms with van der Waals surface area (Å²) in [5, 5.41) is 9.33. The fraction of sp³-hybridized carbons (Fsp3) is 0.417. The maximum absolute atomic E-state index is 11.8. The van der Waals surface area contributed by atoms with E-state index in [0.717, 1.165) is 5.56 Å². The first-order chi connectivity index (χ1) is 8.13. The number of cyclic esters (lactones) is 1. The number of aliphatic hydroxyl groups is 1. The van der Waals surface area contributed by atoms with Crippen molar-refractivity contribution >= 4 is 5.97 Å². The molecule has 0 saturated carbocycles. The number of rotatable bonds is 3. The predicted molar refractivity (Wildman–Crippen MR) is 58.8 cm³/mol. The molecule has 1 aliphatic rings. The van der Waals surface area contributed by atoms with Crippen molar-refractivity contribution in [1.29, 1.82) is 0 Å². The highest BCUT2D eigenvalue weighted by Crippen LogP contribution is 2.41. The Morgan fingerprint density at radius 2 is 2.18 bits per heavy atom. The number of methoxy groups -OCH3 is 2. The van der Waals surface area contributed by atoms with Crippen molar-refractivity contribution in [3.05, 3.63) is 28.3 Å². The molecule has 0 saturated heterocycles. The molecule has 0 bridgehead atoms. The maximum atomic E-state index is 11.8. The third kappa shape index (κ3) is 1.67. The minimum Gasteiger partial charge on any atom is -0.496 e. The largest absolute Gasteiger partial charge is 0.496 e. The van der Waals surface area contributed by atoms with Crippen LogP contribution in [0.3, 0.4) is 0 Å². The molecule has 1 aromatic rings. The molecule has 0 amide bonds. The first-order valence-corrected chi connectivity index (χ1v) is 5.19. The number of aliphatic hydroxyl groups excluding tert-OH is 1. The van der Waals surface area contributed by atoms with Gasteiger partial charge in [0.2, 0.25) is 6.29 Å². The van der Waals surface area contributed by atoms with Crippen LogP contribution in [0.2, 0.25) is 0 Å². The summed E-state index contributed by atoms with van der Waals surface area (Å²) in [5.74, 6) is -0.0103. The molecule has 0 unspecified atom stereocenters. The van der Waals surface area contributed by atoms with Gasteiger partial charge in [0.15, 0.2) is 0 Å². The van der Waals surface area contributed by atoms with Crippen molar-refractivity contribution in [2.45, 2.75) is 19.8 Å². The Hall–Kier alpha value is -1.59. The van der Waals surface area contributed by atoms with Crippen LogP contribution in [-0.2, 0) is 16.1 Å². The number of carbonyl (C=O) groups excluding carboxylic acids is 1. The van der Waals surface area contributed by atoms with Crippen LogP contribution in [0.4, 0.5) is 0 Å². The van der Waals surface area contributed by atoms with Crippen LogP contribution in [0.15, 0.2) is 6.07 Å². The van der Waals surface area contributed by atoms with Crippen molar-refractivity contribution < 1.29 is 24.1 Å². The monoisotopic (exact) mass is 238 g/mol. The zero-order valence-corrected chi connectivity index (χ0v) is 9.94. The van der Waals surface area contributed by atoms with Crippen LogP contribution in [-0.4, -0.2) is 25.3 Å². The molecule has 92 valence electrons.